The molecule has 11 heteroatoms. The van der Waals surface area contributed by atoms with Crippen LogP contribution in [0.15, 0.2) is 53.6 Å². The smallest absolute Gasteiger partial charge is 0.407 e. The molecule has 1 unspecified atom stereocenters. The summed E-state index contributed by atoms with van der Waals surface area (Å²) in [6.45, 7) is 1.83. The Hall–Kier alpha value is -3.37. The summed E-state index contributed by atoms with van der Waals surface area (Å²) < 4.78 is 46.1. The van der Waals surface area contributed by atoms with Crippen molar-refractivity contribution >= 4 is 39.3 Å². The number of methoxy groups -OCH3 is 1. The number of halogens is 2. The Kier molecular flexibility index (Phi) is 6.37. The van der Waals surface area contributed by atoms with E-state index in [0.29, 0.717) is 24.0 Å². The van der Waals surface area contributed by atoms with Crippen LogP contribution in [0.2, 0.25) is 5.02 Å². The molecule has 4 rings (SSSR count). The first-order valence-corrected chi connectivity index (χ1v) is 12.1. The Labute approximate surface area is 200 Å². The van der Waals surface area contributed by atoms with Gasteiger partial charge in [-0.2, -0.15) is 0 Å². The highest BCUT2D eigenvalue weighted by Gasteiger charge is 2.36. The molecule has 1 heterocycles. The van der Waals surface area contributed by atoms with Crippen LogP contribution in [0.4, 0.5) is 14.9 Å². The van der Waals surface area contributed by atoms with Gasteiger partial charge in [0.1, 0.15) is 11.5 Å². The standard InChI is InChI=1S/C23H21ClFN3O5S/c1-13-3-6-15(7-4-13)34(31,32)28-12-17-16(8-10-20(17)27-23(30)33-2)21(28)22(29)26-14-5-9-19(25)18(24)11-14/h3-7,9,11-12,20H,8,10H2,1-2H3,(H,26,29)(H,27,30). The molecule has 178 valence electrons. The molecule has 1 aliphatic carbocycles. The van der Waals surface area contributed by atoms with Crippen molar-refractivity contribution in [3.63, 3.8) is 0 Å². The van der Waals surface area contributed by atoms with Crippen molar-refractivity contribution in [1.82, 2.24) is 9.29 Å². The summed E-state index contributed by atoms with van der Waals surface area (Å²) in [5, 5.41) is 5.07. The lowest BCUT2D eigenvalue weighted by atomic mass is 10.1. The van der Waals surface area contributed by atoms with Gasteiger partial charge >= 0.3 is 6.09 Å². The van der Waals surface area contributed by atoms with E-state index in [1.807, 2.05) is 6.92 Å². The van der Waals surface area contributed by atoms with Crippen LogP contribution in [-0.4, -0.2) is 31.5 Å². The summed E-state index contributed by atoms with van der Waals surface area (Å²) in [5.41, 5.74) is 1.98. The zero-order chi connectivity index (χ0) is 24.6. The third kappa shape index (κ3) is 4.38. The highest BCUT2D eigenvalue weighted by molar-refractivity contribution is 7.90. The number of alkyl carbamates (subject to hydrolysis) is 1. The van der Waals surface area contributed by atoms with E-state index in [1.165, 1.54) is 37.6 Å². The molecule has 1 atom stereocenters. The van der Waals surface area contributed by atoms with E-state index in [4.69, 9.17) is 11.6 Å². The number of anilines is 1. The maximum atomic E-state index is 13.5. The molecule has 0 radical (unpaired) electrons. The minimum atomic E-state index is -4.15. The lowest BCUT2D eigenvalue weighted by Gasteiger charge is -2.14. The van der Waals surface area contributed by atoms with Crippen LogP contribution in [-0.2, 0) is 21.2 Å². The van der Waals surface area contributed by atoms with E-state index < -0.39 is 33.9 Å². The second-order valence-corrected chi connectivity index (χ2v) is 10.1. The fourth-order valence-corrected chi connectivity index (χ4v) is 5.48. The fourth-order valence-electron chi connectivity index (χ4n) is 3.91. The summed E-state index contributed by atoms with van der Waals surface area (Å²) in [6.07, 6.45) is 1.50. The van der Waals surface area contributed by atoms with Crippen LogP contribution in [0.3, 0.4) is 0 Å². The van der Waals surface area contributed by atoms with Gasteiger partial charge in [-0.25, -0.2) is 21.6 Å². The van der Waals surface area contributed by atoms with Gasteiger partial charge in [0.05, 0.1) is 23.1 Å². The van der Waals surface area contributed by atoms with Crippen molar-refractivity contribution in [2.45, 2.75) is 30.7 Å². The molecule has 2 N–H and O–H groups in total. The lowest BCUT2D eigenvalue weighted by Crippen LogP contribution is -2.27. The Balaban J connectivity index is 1.81. The first-order valence-electron chi connectivity index (χ1n) is 10.3. The van der Waals surface area contributed by atoms with Gasteiger partial charge in [-0.15, -0.1) is 0 Å². The second-order valence-electron chi connectivity index (χ2n) is 7.84. The lowest BCUT2D eigenvalue weighted by molar-refractivity contribution is 0.102. The van der Waals surface area contributed by atoms with Crippen molar-refractivity contribution < 1.29 is 27.1 Å². The van der Waals surface area contributed by atoms with Crippen molar-refractivity contribution in [3.05, 3.63) is 81.9 Å². The number of aryl methyl sites for hydroxylation is 1. The predicted octanol–water partition coefficient (Wildman–Crippen LogP) is 4.42. The Morgan fingerprint density at radius 1 is 1.18 bits per heavy atom. The molecule has 0 spiro atoms. The van der Waals surface area contributed by atoms with Crippen LogP contribution < -0.4 is 10.6 Å². The average Bonchev–Trinajstić information content (AvgIpc) is 3.37. The molecule has 0 saturated heterocycles. The van der Waals surface area contributed by atoms with Gasteiger partial charge in [-0.05, 0) is 61.2 Å². The Morgan fingerprint density at radius 3 is 2.53 bits per heavy atom. The number of aromatic nitrogens is 1. The monoisotopic (exact) mass is 505 g/mol. The third-order valence-corrected chi connectivity index (χ3v) is 7.58. The third-order valence-electron chi connectivity index (χ3n) is 5.62. The molecule has 0 fully saturated rings. The molecule has 34 heavy (non-hydrogen) atoms. The topological polar surface area (TPSA) is 106 Å². The molecule has 2 aromatic carbocycles. The van der Waals surface area contributed by atoms with E-state index in [9.17, 15) is 22.4 Å². The highest BCUT2D eigenvalue weighted by atomic mass is 35.5. The number of nitrogens with zero attached hydrogens (tertiary/aromatic N) is 1. The Morgan fingerprint density at radius 2 is 1.88 bits per heavy atom. The molecule has 0 bridgehead atoms. The summed E-state index contributed by atoms with van der Waals surface area (Å²) >= 11 is 5.81. The average molecular weight is 506 g/mol. The number of nitrogens with one attached hydrogen (secondary N) is 2. The van der Waals surface area contributed by atoms with Crippen molar-refractivity contribution in [3.8, 4) is 0 Å². The van der Waals surface area contributed by atoms with Crippen molar-refractivity contribution in [2.75, 3.05) is 12.4 Å². The number of amides is 2. The summed E-state index contributed by atoms with van der Waals surface area (Å²) in [4.78, 5) is 25.1. The first-order chi connectivity index (χ1) is 16.1. The fraction of sp³-hybridized carbons (Fsp3) is 0.217. The van der Waals surface area contributed by atoms with Gasteiger partial charge in [0.25, 0.3) is 15.9 Å². The maximum absolute atomic E-state index is 13.5. The Bertz CT molecular complexity index is 1390. The van der Waals surface area contributed by atoms with E-state index in [-0.39, 0.29) is 21.3 Å². The second kappa shape index (κ2) is 9.11. The van der Waals surface area contributed by atoms with Gasteiger partial charge in [0.2, 0.25) is 0 Å². The molecular formula is C23H21ClFN3O5S. The van der Waals surface area contributed by atoms with Crippen LogP contribution >= 0.6 is 11.6 Å². The largest absolute Gasteiger partial charge is 0.453 e. The van der Waals surface area contributed by atoms with Gasteiger partial charge < -0.3 is 15.4 Å². The van der Waals surface area contributed by atoms with Gasteiger partial charge in [-0.3, -0.25) is 4.79 Å². The number of ether oxygens (including phenoxy) is 1. The molecule has 8 nitrogen and oxygen atoms in total. The maximum Gasteiger partial charge on any atom is 0.407 e. The van der Waals surface area contributed by atoms with Gasteiger partial charge in [0, 0.05) is 11.9 Å². The summed E-state index contributed by atoms with van der Waals surface area (Å²) in [7, 11) is -2.92. The quantitative estimate of drug-likeness (QED) is 0.534. The van der Waals surface area contributed by atoms with E-state index in [0.717, 1.165) is 15.6 Å². The predicted molar refractivity (Wildman–Crippen MR) is 124 cm³/mol. The molecule has 1 aliphatic rings. The number of carbonyl (C=O) groups excluding carboxylic acids is 2. The molecule has 0 saturated carbocycles. The number of hydrogen-bond acceptors (Lipinski definition) is 5. The number of rotatable bonds is 5. The van der Waals surface area contributed by atoms with Gasteiger partial charge in [0.15, 0.2) is 0 Å². The number of hydrogen-bond donors (Lipinski definition) is 2. The number of carbonyl (C=O) groups is 2. The minimum Gasteiger partial charge on any atom is -0.453 e. The van der Waals surface area contributed by atoms with Crippen LogP contribution in [0, 0.1) is 12.7 Å². The van der Waals surface area contributed by atoms with Crippen LogP contribution in [0.1, 0.15) is 39.6 Å². The molecule has 0 aliphatic heterocycles. The summed E-state index contributed by atoms with van der Waals surface area (Å²) in [6, 6.07) is 9.37. The normalized spacial score (nSPS) is 15.0. The highest BCUT2D eigenvalue weighted by Crippen LogP contribution is 2.37. The molecule has 3 aromatic rings. The molecular weight excluding hydrogens is 485 g/mol. The minimum absolute atomic E-state index is 0.00290. The van der Waals surface area contributed by atoms with Crippen molar-refractivity contribution in [2.24, 2.45) is 0 Å². The van der Waals surface area contributed by atoms with E-state index >= 15 is 0 Å². The SMILES string of the molecule is COC(=O)NC1CCc2c1cn(S(=O)(=O)c1ccc(C)cc1)c2C(=O)Nc1ccc(F)c(Cl)c1. The first kappa shape index (κ1) is 23.8. The number of fused-ring (bicyclic) bond motifs is 1. The van der Waals surface area contributed by atoms with E-state index in [2.05, 4.69) is 15.4 Å². The summed E-state index contributed by atoms with van der Waals surface area (Å²) in [5.74, 6) is -1.36. The zero-order valence-corrected chi connectivity index (χ0v) is 19.8. The van der Waals surface area contributed by atoms with E-state index in [1.54, 1.807) is 12.1 Å². The molecule has 2 amide bonds. The number of benzene rings is 2. The van der Waals surface area contributed by atoms with Crippen LogP contribution in [0.25, 0.3) is 0 Å². The van der Waals surface area contributed by atoms with Crippen LogP contribution in [0.5, 0.6) is 0 Å². The zero-order valence-electron chi connectivity index (χ0n) is 18.3. The van der Waals surface area contributed by atoms with Gasteiger partial charge in [-0.1, -0.05) is 29.3 Å². The molecule has 1 aromatic heterocycles. The van der Waals surface area contributed by atoms with Crippen molar-refractivity contribution in [1.29, 1.82) is 0 Å².